The van der Waals surface area contributed by atoms with Gasteiger partial charge in [0, 0.05) is 44.6 Å². The van der Waals surface area contributed by atoms with E-state index in [0.717, 1.165) is 63.8 Å². The molecule has 0 aliphatic carbocycles. The van der Waals surface area contributed by atoms with Gasteiger partial charge in [0.25, 0.3) is 0 Å². The third kappa shape index (κ3) is 8.02. The maximum absolute atomic E-state index is 5.31. The molecule has 6 heteroatoms. The van der Waals surface area contributed by atoms with Crippen molar-refractivity contribution in [2.45, 2.75) is 40.0 Å². The summed E-state index contributed by atoms with van der Waals surface area (Å²) in [4.78, 5) is 9.10. The van der Waals surface area contributed by atoms with Crippen LogP contribution >= 0.6 is 11.3 Å². The highest BCUT2D eigenvalue weighted by atomic mass is 32.1. The molecule has 0 aromatic carbocycles. The second-order valence-corrected chi connectivity index (χ2v) is 5.52. The molecule has 2 N–H and O–H groups in total. The van der Waals surface area contributed by atoms with E-state index in [4.69, 9.17) is 4.74 Å². The Hall–Kier alpha value is -1.14. The van der Waals surface area contributed by atoms with Crippen molar-refractivity contribution in [2.24, 2.45) is 4.99 Å². The summed E-state index contributed by atoms with van der Waals surface area (Å²) >= 11 is 1.74. The fraction of sp³-hybridized carbons (Fsp3) is 0.733. The number of hydrogen-bond acceptors (Lipinski definition) is 4. The molecule has 0 aliphatic heterocycles. The van der Waals surface area contributed by atoms with Gasteiger partial charge in [-0.1, -0.05) is 6.92 Å². The molecule has 1 heterocycles. The van der Waals surface area contributed by atoms with Crippen LogP contribution < -0.4 is 10.6 Å². The maximum Gasteiger partial charge on any atom is 0.191 e. The van der Waals surface area contributed by atoms with Crippen LogP contribution in [0, 0.1) is 0 Å². The van der Waals surface area contributed by atoms with Crippen molar-refractivity contribution in [2.75, 3.05) is 32.8 Å². The van der Waals surface area contributed by atoms with Crippen LogP contribution in [0.15, 0.2) is 10.4 Å². The number of aromatic nitrogens is 1. The number of thiazole rings is 1. The molecule has 120 valence electrons. The highest BCUT2D eigenvalue weighted by Gasteiger charge is 2.01. The van der Waals surface area contributed by atoms with Gasteiger partial charge in [0.2, 0.25) is 0 Å². The highest BCUT2D eigenvalue weighted by Crippen LogP contribution is 2.10. The summed E-state index contributed by atoms with van der Waals surface area (Å²) in [6, 6.07) is 0. The third-order valence-corrected chi connectivity index (χ3v) is 3.88. The summed E-state index contributed by atoms with van der Waals surface area (Å²) in [6.07, 6.45) is 2.90. The van der Waals surface area contributed by atoms with Crippen LogP contribution in [0.25, 0.3) is 0 Å². The molecule has 0 amide bonds. The second-order valence-electron chi connectivity index (χ2n) is 4.57. The number of nitrogens with zero attached hydrogens (tertiary/aromatic N) is 2. The average molecular weight is 312 g/mol. The van der Waals surface area contributed by atoms with Gasteiger partial charge in [-0.25, -0.2) is 4.98 Å². The van der Waals surface area contributed by atoms with E-state index in [2.05, 4.69) is 39.8 Å². The Morgan fingerprint density at radius 1 is 1.33 bits per heavy atom. The maximum atomic E-state index is 5.31. The van der Waals surface area contributed by atoms with Gasteiger partial charge in [-0.15, -0.1) is 11.3 Å². The molecule has 21 heavy (non-hydrogen) atoms. The predicted molar refractivity (Wildman–Crippen MR) is 90.3 cm³/mol. The van der Waals surface area contributed by atoms with Crippen LogP contribution in [0.4, 0.5) is 0 Å². The Balaban J connectivity index is 2.27. The zero-order valence-electron chi connectivity index (χ0n) is 13.4. The molecule has 1 aromatic rings. The first-order valence-electron chi connectivity index (χ1n) is 7.83. The molecule has 0 unspecified atom stereocenters. The largest absolute Gasteiger partial charge is 0.382 e. The number of rotatable bonds is 10. The first-order chi connectivity index (χ1) is 10.3. The van der Waals surface area contributed by atoms with E-state index in [1.807, 2.05) is 6.92 Å². The molecule has 0 aliphatic rings. The molecule has 0 fully saturated rings. The predicted octanol–water partition coefficient (Wildman–Crippen LogP) is 2.23. The number of guanidine groups is 1. The van der Waals surface area contributed by atoms with E-state index in [-0.39, 0.29) is 0 Å². The number of nitrogens with one attached hydrogen (secondary N) is 2. The smallest absolute Gasteiger partial charge is 0.191 e. The topological polar surface area (TPSA) is 58.5 Å². The Bertz CT molecular complexity index is 406. The minimum Gasteiger partial charge on any atom is -0.382 e. The van der Waals surface area contributed by atoms with Crippen molar-refractivity contribution >= 4 is 17.3 Å². The Morgan fingerprint density at radius 3 is 2.86 bits per heavy atom. The van der Waals surface area contributed by atoms with Crippen LogP contribution in [-0.2, 0) is 17.6 Å². The first kappa shape index (κ1) is 17.9. The van der Waals surface area contributed by atoms with Gasteiger partial charge in [0.05, 0.1) is 10.7 Å². The SMILES string of the molecule is CCNC(=NCCCOCC)NCCc1csc(CC)n1. The van der Waals surface area contributed by atoms with Crippen LogP contribution in [0.5, 0.6) is 0 Å². The quantitative estimate of drug-likeness (QED) is 0.395. The van der Waals surface area contributed by atoms with Crippen LogP contribution in [0.2, 0.25) is 0 Å². The Kier molecular flexibility index (Phi) is 9.82. The number of hydrogen-bond donors (Lipinski definition) is 2. The van der Waals surface area contributed by atoms with Gasteiger partial charge >= 0.3 is 0 Å². The minimum atomic E-state index is 0.773. The lowest BCUT2D eigenvalue weighted by Crippen LogP contribution is -2.38. The molecule has 0 saturated carbocycles. The summed E-state index contributed by atoms with van der Waals surface area (Å²) in [6.45, 7) is 10.3. The molecule has 0 bridgehead atoms. The van der Waals surface area contributed by atoms with E-state index >= 15 is 0 Å². The summed E-state index contributed by atoms with van der Waals surface area (Å²) in [5, 5.41) is 9.96. The van der Waals surface area contributed by atoms with Crippen molar-refractivity contribution < 1.29 is 4.74 Å². The van der Waals surface area contributed by atoms with E-state index in [0.29, 0.717) is 0 Å². The van der Waals surface area contributed by atoms with Crippen molar-refractivity contribution in [1.82, 2.24) is 15.6 Å². The van der Waals surface area contributed by atoms with Crippen molar-refractivity contribution in [3.05, 3.63) is 16.1 Å². The number of aliphatic imine (C=N–C) groups is 1. The second kappa shape index (κ2) is 11.5. The van der Waals surface area contributed by atoms with Crippen LogP contribution in [0.1, 0.15) is 37.9 Å². The molecule has 0 atom stereocenters. The van der Waals surface area contributed by atoms with Gasteiger partial charge in [-0.05, 0) is 26.7 Å². The lowest BCUT2D eigenvalue weighted by atomic mass is 10.3. The summed E-state index contributed by atoms with van der Waals surface area (Å²) in [5.74, 6) is 0.875. The summed E-state index contributed by atoms with van der Waals surface area (Å²) in [7, 11) is 0. The normalized spacial score (nSPS) is 11.7. The molecule has 1 aromatic heterocycles. The zero-order valence-corrected chi connectivity index (χ0v) is 14.3. The van der Waals surface area contributed by atoms with Gasteiger partial charge in [0.15, 0.2) is 5.96 Å². The molecule has 0 radical (unpaired) electrons. The number of ether oxygens (including phenoxy) is 1. The zero-order chi connectivity index (χ0) is 15.3. The van der Waals surface area contributed by atoms with E-state index in [1.54, 1.807) is 11.3 Å². The van der Waals surface area contributed by atoms with Crippen LogP contribution in [0.3, 0.4) is 0 Å². The summed E-state index contributed by atoms with van der Waals surface area (Å²) in [5.41, 5.74) is 1.16. The molecule has 0 spiro atoms. The monoisotopic (exact) mass is 312 g/mol. The standard InChI is InChI=1S/C15H28N4OS/c1-4-14-19-13(12-21-14)8-10-18-15(16-5-2)17-9-7-11-20-6-3/h12H,4-11H2,1-3H3,(H2,16,17,18). The van der Waals surface area contributed by atoms with Gasteiger partial charge in [0.1, 0.15) is 0 Å². The summed E-state index contributed by atoms with van der Waals surface area (Å²) < 4.78 is 5.31. The average Bonchev–Trinajstić information content (AvgIpc) is 2.95. The Morgan fingerprint density at radius 2 is 2.19 bits per heavy atom. The van der Waals surface area contributed by atoms with E-state index < -0.39 is 0 Å². The van der Waals surface area contributed by atoms with E-state index in [1.165, 1.54) is 5.01 Å². The van der Waals surface area contributed by atoms with Crippen molar-refractivity contribution in [3.63, 3.8) is 0 Å². The fourth-order valence-corrected chi connectivity index (χ4v) is 2.56. The molecule has 5 nitrogen and oxygen atoms in total. The highest BCUT2D eigenvalue weighted by molar-refractivity contribution is 7.09. The third-order valence-electron chi connectivity index (χ3n) is 2.84. The Labute approximate surface area is 132 Å². The van der Waals surface area contributed by atoms with Gasteiger partial charge < -0.3 is 15.4 Å². The molecule has 0 saturated heterocycles. The fourth-order valence-electron chi connectivity index (χ4n) is 1.78. The van der Waals surface area contributed by atoms with Crippen molar-refractivity contribution in [1.29, 1.82) is 0 Å². The first-order valence-corrected chi connectivity index (χ1v) is 8.71. The number of aryl methyl sites for hydroxylation is 1. The lowest BCUT2D eigenvalue weighted by Gasteiger charge is -2.10. The molecular weight excluding hydrogens is 284 g/mol. The van der Waals surface area contributed by atoms with E-state index in [9.17, 15) is 0 Å². The molecular formula is C15H28N4OS. The van der Waals surface area contributed by atoms with Crippen LogP contribution in [-0.4, -0.2) is 43.8 Å². The minimum absolute atomic E-state index is 0.773. The molecule has 1 rings (SSSR count). The van der Waals surface area contributed by atoms with Gasteiger partial charge in [-0.3, -0.25) is 4.99 Å². The lowest BCUT2D eigenvalue weighted by molar-refractivity contribution is 0.146. The van der Waals surface area contributed by atoms with Crippen molar-refractivity contribution in [3.8, 4) is 0 Å². The van der Waals surface area contributed by atoms with Gasteiger partial charge in [-0.2, -0.15) is 0 Å².